The first kappa shape index (κ1) is 13.3. The summed E-state index contributed by atoms with van der Waals surface area (Å²) in [4.78, 5) is 0.234. The average molecular weight is 270 g/mol. The number of rotatable bonds is 6. The van der Waals surface area contributed by atoms with Gasteiger partial charge in [0, 0.05) is 12.1 Å². The minimum absolute atomic E-state index is 0.0512. The summed E-state index contributed by atoms with van der Waals surface area (Å²) in [5, 5.41) is 12.0. The van der Waals surface area contributed by atoms with E-state index in [0.717, 1.165) is 12.8 Å². The molecule has 1 saturated carbocycles. The van der Waals surface area contributed by atoms with Crippen molar-refractivity contribution in [2.45, 2.75) is 36.7 Å². The topological polar surface area (TPSA) is 78.4 Å². The highest BCUT2D eigenvalue weighted by Crippen LogP contribution is 2.26. The van der Waals surface area contributed by atoms with Gasteiger partial charge in [-0.2, -0.15) is 0 Å². The number of hydrogen-bond donors (Lipinski definition) is 3. The van der Waals surface area contributed by atoms with Crippen molar-refractivity contribution < 1.29 is 13.5 Å². The van der Waals surface area contributed by atoms with Crippen molar-refractivity contribution in [3.8, 4) is 0 Å². The highest BCUT2D eigenvalue weighted by molar-refractivity contribution is 7.89. The molecule has 1 aromatic rings. The molecule has 18 heavy (non-hydrogen) atoms. The molecule has 1 aliphatic carbocycles. The molecule has 5 nitrogen and oxygen atoms in total. The molecular formula is C12H18N2O3S. The first-order valence-electron chi connectivity index (χ1n) is 6.01. The van der Waals surface area contributed by atoms with E-state index in [4.69, 9.17) is 5.11 Å². The van der Waals surface area contributed by atoms with Gasteiger partial charge in [0.2, 0.25) is 10.0 Å². The minimum Gasteiger partial charge on any atom is -0.394 e. The van der Waals surface area contributed by atoms with Crippen LogP contribution >= 0.6 is 0 Å². The molecular weight excluding hydrogens is 252 g/mol. The van der Waals surface area contributed by atoms with Crippen LogP contribution in [-0.2, 0) is 10.0 Å². The Morgan fingerprint density at radius 2 is 2.06 bits per heavy atom. The Balaban J connectivity index is 2.25. The van der Waals surface area contributed by atoms with E-state index < -0.39 is 10.0 Å². The van der Waals surface area contributed by atoms with E-state index in [-0.39, 0.29) is 23.6 Å². The fourth-order valence-corrected chi connectivity index (χ4v) is 3.09. The normalized spacial score (nSPS) is 17.4. The fraction of sp³-hybridized carbons (Fsp3) is 0.500. The van der Waals surface area contributed by atoms with Crippen LogP contribution in [0.1, 0.15) is 19.8 Å². The molecule has 0 aliphatic heterocycles. The van der Waals surface area contributed by atoms with Crippen molar-refractivity contribution >= 4 is 15.7 Å². The lowest BCUT2D eigenvalue weighted by atomic mass is 10.3. The van der Waals surface area contributed by atoms with Gasteiger partial charge < -0.3 is 10.4 Å². The van der Waals surface area contributed by atoms with Gasteiger partial charge in [0.15, 0.2) is 0 Å². The number of aliphatic hydroxyl groups excluding tert-OH is 1. The molecule has 3 N–H and O–H groups in total. The summed E-state index contributed by atoms with van der Waals surface area (Å²) < 4.78 is 27.0. The number of nitrogens with one attached hydrogen (secondary N) is 2. The lowest BCUT2D eigenvalue weighted by Crippen LogP contribution is -2.28. The SMILES string of the molecule is CC(CO)Nc1ccccc1S(=O)(=O)NC1CC1. The number of sulfonamides is 1. The van der Waals surface area contributed by atoms with Crippen LogP contribution in [-0.4, -0.2) is 32.2 Å². The van der Waals surface area contributed by atoms with Crippen LogP contribution in [0.2, 0.25) is 0 Å². The second-order valence-corrected chi connectivity index (χ2v) is 6.30. The fourth-order valence-electron chi connectivity index (χ4n) is 1.62. The van der Waals surface area contributed by atoms with Gasteiger partial charge in [-0.05, 0) is 31.9 Å². The van der Waals surface area contributed by atoms with Gasteiger partial charge in [-0.3, -0.25) is 0 Å². The minimum atomic E-state index is -3.48. The highest BCUT2D eigenvalue weighted by atomic mass is 32.2. The molecule has 2 rings (SSSR count). The van der Waals surface area contributed by atoms with E-state index in [1.807, 2.05) is 0 Å². The smallest absolute Gasteiger partial charge is 0.242 e. The molecule has 100 valence electrons. The Bertz CT molecular complexity index is 512. The van der Waals surface area contributed by atoms with E-state index in [2.05, 4.69) is 10.0 Å². The molecule has 1 atom stereocenters. The van der Waals surface area contributed by atoms with Gasteiger partial charge in [-0.15, -0.1) is 0 Å². The van der Waals surface area contributed by atoms with E-state index in [0.29, 0.717) is 5.69 Å². The van der Waals surface area contributed by atoms with Gasteiger partial charge in [0.25, 0.3) is 0 Å². The second kappa shape index (κ2) is 5.26. The summed E-state index contributed by atoms with van der Waals surface area (Å²) >= 11 is 0. The zero-order valence-electron chi connectivity index (χ0n) is 10.3. The van der Waals surface area contributed by atoms with Crippen LogP contribution in [0.4, 0.5) is 5.69 Å². The molecule has 1 unspecified atom stereocenters. The van der Waals surface area contributed by atoms with Crippen molar-refractivity contribution in [3.63, 3.8) is 0 Å². The Morgan fingerprint density at radius 1 is 1.39 bits per heavy atom. The summed E-state index contributed by atoms with van der Waals surface area (Å²) in [7, 11) is -3.48. The van der Waals surface area contributed by atoms with Gasteiger partial charge in [0.1, 0.15) is 4.90 Å². The molecule has 6 heteroatoms. The molecule has 0 aromatic heterocycles. The third-order valence-electron chi connectivity index (χ3n) is 2.75. The molecule has 0 bridgehead atoms. The van der Waals surface area contributed by atoms with Crippen LogP contribution in [0, 0.1) is 0 Å². The van der Waals surface area contributed by atoms with Crippen molar-refractivity contribution in [1.29, 1.82) is 0 Å². The Morgan fingerprint density at radius 3 is 2.67 bits per heavy atom. The Hall–Kier alpha value is -1.11. The Labute approximate surface area is 107 Å². The molecule has 1 fully saturated rings. The summed E-state index contributed by atoms with van der Waals surface area (Å²) in [5.41, 5.74) is 0.521. The van der Waals surface area contributed by atoms with Crippen molar-refractivity contribution in [2.24, 2.45) is 0 Å². The molecule has 0 saturated heterocycles. The van der Waals surface area contributed by atoms with E-state index >= 15 is 0 Å². The van der Waals surface area contributed by atoms with Crippen molar-refractivity contribution in [3.05, 3.63) is 24.3 Å². The average Bonchev–Trinajstić information content (AvgIpc) is 3.12. The zero-order valence-corrected chi connectivity index (χ0v) is 11.1. The summed E-state index contributed by atoms with van der Waals surface area (Å²) in [5.74, 6) is 0. The molecule has 1 aliphatic rings. The molecule has 1 aromatic carbocycles. The summed E-state index contributed by atoms with van der Waals surface area (Å²) in [6.45, 7) is 1.74. The lowest BCUT2D eigenvalue weighted by Gasteiger charge is -2.16. The maximum absolute atomic E-state index is 12.2. The maximum Gasteiger partial charge on any atom is 0.242 e. The molecule has 0 radical (unpaired) electrons. The lowest BCUT2D eigenvalue weighted by molar-refractivity contribution is 0.281. The number of hydrogen-bond acceptors (Lipinski definition) is 4. The van der Waals surface area contributed by atoms with Gasteiger partial charge in [-0.1, -0.05) is 12.1 Å². The largest absolute Gasteiger partial charge is 0.394 e. The second-order valence-electron chi connectivity index (χ2n) is 4.62. The van der Waals surface area contributed by atoms with E-state index in [1.165, 1.54) is 0 Å². The number of para-hydroxylation sites is 1. The monoisotopic (exact) mass is 270 g/mol. The summed E-state index contributed by atoms with van der Waals surface area (Å²) in [6.07, 6.45) is 1.81. The molecule has 0 amide bonds. The standard InChI is InChI=1S/C12H18N2O3S/c1-9(8-15)13-11-4-2-3-5-12(11)18(16,17)14-10-6-7-10/h2-5,9-10,13-15H,6-8H2,1H3. The third kappa shape index (κ3) is 3.22. The third-order valence-corrected chi connectivity index (χ3v) is 4.33. The number of benzene rings is 1. The zero-order chi connectivity index (χ0) is 13.2. The predicted molar refractivity (Wildman–Crippen MR) is 70.0 cm³/mol. The highest BCUT2D eigenvalue weighted by Gasteiger charge is 2.29. The van der Waals surface area contributed by atoms with Crippen LogP contribution in [0.5, 0.6) is 0 Å². The van der Waals surface area contributed by atoms with Gasteiger partial charge in [0.05, 0.1) is 12.3 Å². The van der Waals surface area contributed by atoms with Gasteiger partial charge >= 0.3 is 0 Å². The van der Waals surface area contributed by atoms with E-state index in [9.17, 15) is 8.42 Å². The predicted octanol–water partition coefficient (Wildman–Crippen LogP) is 0.920. The first-order valence-corrected chi connectivity index (χ1v) is 7.50. The quantitative estimate of drug-likeness (QED) is 0.718. The van der Waals surface area contributed by atoms with Crippen LogP contribution < -0.4 is 10.0 Å². The van der Waals surface area contributed by atoms with Gasteiger partial charge in [-0.25, -0.2) is 13.1 Å². The van der Waals surface area contributed by atoms with Crippen LogP contribution in [0.3, 0.4) is 0 Å². The molecule has 0 heterocycles. The van der Waals surface area contributed by atoms with Crippen molar-refractivity contribution in [2.75, 3.05) is 11.9 Å². The number of anilines is 1. The summed E-state index contributed by atoms with van der Waals surface area (Å²) in [6, 6.07) is 6.62. The van der Waals surface area contributed by atoms with Crippen LogP contribution in [0.15, 0.2) is 29.2 Å². The number of aliphatic hydroxyl groups is 1. The van der Waals surface area contributed by atoms with Crippen molar-refractivity contribution in [1.82, 2.24) is 4.72 Å². The Kier molecular flexibility index (Phi) is 3.89. The van der Waals surface area contributed by atoms with E-state index in [1.54, 1.807) is 31.2 Å². The molecule has 0 spiro atoms. The van der Waals surface area contributed by atoms with Crippen LogP contribution in [0.25, 0.3) is 0 Å². The maximum atomic E-state index is 12.2. The first-order chi connectivity index (χ1) is 8.53.